The predicted octanol–water partition coefficient (Wildman–Crippen LogP) is -0.596. The molecule has 1 aliphatic heterocycles. The Morgan fingerprint density at radius 2 is 1.30 bits per heavy atom. The minimum atomic E-state index is -1.83. The molecule has 10 N–H and O–H groups in total. The fourth-order valence-electron chi connectivity index (χ4n) is 6.23. The van der Waals surface area contributed by atoms with E-state index in [1.165, 1.54) is 6.92 Å². The van der Waals surface area contributed by atoms with Gasteiger partial charge in [0.1, 0.15) is 36.3 Å². The molecule has 1 saturated heterocycles. The summed E-state index contributed by atoms with van der Waals surface area (Å²) in [7, 11) is 0. The van der Waals surface area contributed by atoms with Gasteiger partial charge < -0.3 is 48.1 Å². The van der Waals surface area contributed by atoms with Crippen molar-refractivity contribution in [2.45, 2.75) is 129 Å². The molecule has 8 amide bonds. The van der Waals surface area contributed by atoms with E-state index in [2.05, 4.69) is 37.2 Å². The molecule has 8 atom stereocenters. The number of carboxylic acid groups (broad SMARTS) is 1. The van der Waals surface area contributed by atoms with Crippen LogP contribution in [0.15, 0.2) is 30.3 Å². The van der Waals surface area contributed by atoms with E-state index in [0.29, 0.717) is 23.7 Å². The molecule has 1 aromatic rings. The van der Waals surface area contributed by atoms with Gasteiger partial charge in [-0.15, -0.1) is 0 Å². The second kappa shape index (κ2) is 24.5. The zero-order chi connectivity index (χ0) is 45.3. The number of primary amides is 1. The van der Waals surface area contributed by atoms with Crippen molar-refractivity contribution >= 4 is 70.1 Å². The summed E-state index contributed by atoms with van der Waals surface area (Å²) >= 11 is 0.550. The summed E-state index contributed by atoms with van der Waals surface area (Å²) in [6.45, 7) is 11.9. The standard InChI is InChI=1S/C40H60N8O11S/c1-8-22(6)33(42-23(7)49)39(58)46-27(17-31(41)50)36(55)48-30-19-60-40(59)29(15-21(4)5)47-34(53)25(14-20(2)3)43-35(54)26(16-24-12-10-9-11-13-24)44-37(56)28(18-32(51)52)45-38(30)57/h9-13,20-22,25-30,33H,8,14-19H2,1-7H3,(H2,41,50)(H,42,49)(H,43,54)(H,44,56)(H,45,57)(H,46,58)(H,47,53)(H,48,55)(H,51,52)/t22-,25-,26-,27-,28-,29-,30-,33-/m0/s1. The number of benzene rings is 1. The summed E-state index contributed by atoms with van der Waals surface area (Å²) in [6, 6.07) is -1.48. The van der Waals surface area contributed by atoms with Gasteiger partial charge in [0.2, 0.25) is 52.4 Å². The van der Waals surface area contributed by atoms with Gasteiger partial charge in [0.15, 0.2) is 0 Å². The number of hydrogen-bond donors (Lipinski definition) is 9. The molecule has 2 rings (SSSR count). The van der Waals surface area contributed by atoms with E-state index in [4.69, 9.17) is 5.73 Å². The Balaban J connectivity index is 2.67. The first-order chi connectivity index (χ1) is 28.1. The number of amides is 8. The van der Waals surface area contributed by atoms with E-state index in [-0.39, 0.29) is 31.1 Å². The molecule has 332 valence electrons. The molecule has 19 nitrogen and oxygen atoms in total. The van der Waals surface area contributed by atoms with Crippen molar-refractivity contribution in [2.24, 2.45) is 23.5 Å². The van der Waals surface area contributed by atoms with Gasteiger partial charge in [-0.3, -0.25) is 47.9 Å². The Bertz CT molecular complexity index is 1730. The van der Waals surface area contributed by atoms with Crippen LogP contribution in [0.1, 0.15) is 86.1 Å². The first-order valence-electron chi connectivity index (χ1n) is 19.9. The van der Waals surface area contributed by atoms with Crippen molar-refractivity contribution in [1.29, 1.82) is 0 Å². The number of carbonyl (C=O) groups is 10. The molecular weight excluding hydrogens is 801 g/mol. The van der Waals surface area contributed by atoms with Crippen molar-refractivity contribution in [3.8, 4) is 0 Å². The van der Waals surface area contributed by atoms with Gasteiger partial charge in [0, 0.05) is 19.1 Å². The van der Waals surface area contributed by atoms with E-state index in [0.717, 1.165) is 0 Å². The summed E-state index contributed by atoms with van der Waals surface area (Å²) in [5, 5.41) is 26.7. The molecule has 60 heavy (non-hydrogen) atoms. The lowest BCUT2D eigenvalue weighted by molar-refractivity contribution is -0.141. The van der Waals surface area contributed by atoms with Gasteiger partial charge in [-0.05, 0) is 36.2 Å². The Kier molecular flexibility index (Phi) is 20.7. The highest BCUT2D eigenvalue weighted by Gasteiger charge is 2.37. The summed E-state index contributed by atoms with van der Waals surface area (Å²) < 4.78 is 0. The average Bonchev–Trinajstić information content (AvgIpc) is 3.15. The molecule has 1 fully saturated rings. The number of carboxylic acids is 1. The average molecular weight is 861 g/mol. The van der Waals surface area contributed by atoms with Crippen LogP contribution in [0, 0.1) is 17.8 Å². The fraction of sp³-hybridized carbons (Fsp3) is 0.600. The number of nitrogens with one attached hydrogen (secondary N) is 7. The van der Waals surface area contributed by atoms with E-state index in [1.807, 2.05) is 27.7 Å². The summed E-state index contributed by atoms with van der Waals surface area (Å²) in [5.41, 5.74) is 6.02. The maximum atomic E-state index is 14.0. The smallest absolute Gasteiger partial charge is 0.305 e. The monoisotopic (exact) mass is 860 g/mol. The predicted molar refractivity (Wildman–Crippen MR) is 221 cm³/mol. The zero-order valence-electron chi connectivity index (χ0n) is 35.1. The first kappa shape index (κ1) is 50.6. The number of hydrogen-bond acceptors (Lipinski definition) is 11. The molecule has 0 radical (unpaired) electrons. The minimum Gasteiger partial charge on any atom is -0.481 e. The summed E-state index contributed by atoms with van der Waals surface area (Å²) in [4.78, 5) is 133. The number of rotatable bonds is 17. The van der Waals surface area contributed by atoms with Crippen molar-refractivity contribution in [2.75, 3.05) is 5.75 Å². The van der Waals surface area contributed by atoms with Crippen LogP contribution < -0.4 is 43.0 Å². The Hall–Kier alpha value is -5.53. The lowest BCUT2D eigenvalue weighted by Gasteiger charge is -2.29. The molecular formula is C40H60N8O11S. The normalized spacial score (nSPS) is 22.3. The molecule has 1 aliphatic rings. The molecule has 0 aromatic heterocycles. The summed E-state index contributed by atoms with van der Waals surface area (Å²) in [5.74, 6) is -9.88. The van der Waals surface area contributed by atoms with Crippen LogP contribution in [0.3, 0.4) is 0 Å². The van der Waals surface area contributed by atoms with Crippen molar-refractivity contribution in [3.05, 3.63) is 35.9 Å². The third kappa shape index (κ3) is 17.4. The van der Waals surface area contributed by atoms with E-state index in [9.17, 15) is 53.1 Å². The molecule has 1 aromatic carbocycles. The molecule has 0 unspecified atom stereocenters. The number of nitrogens with two attached hydrogens (primary N) is 1. The molecule has 0 bridgehead atoms. The largest absolute Gasteiger partial charge is 0.481 e. The minimum absolute atomic E-state index is 0.0985. The third-order valence-corrected chi connectivity index (χ3v) is 10.6. The van der Waals surface area contributed by atoms with Crippen LogP contribution in [0.4, 0.5) is 0 Å². The number of carbonyl (C=O) groups excluding carboxylic acids is 9. The maximum Gasteiger partial charge on any atom is 0.305 e. The van der Waals surface area contributed by atoms with Crippen LogP contribution in [0.2, 0.25) is 0 Å². The first-order valence-corrected chi connectivity index (χ1v) is 20.9. The van der Waals surface area contributed by atoms with Crippen LogP contribution in [-0.2, 0) is 54.4 Å². The van der Waals surface area contributed by atoms with Gasteiger partial charge in [-0.1, -0.05) is 90.1 Å². The molecule has 0 aliphatic carbocycles. The highest BCUT2D eigenvalue weighted by atomic mass is 32.2. The zero-order valence-corrected chi connectivity index (χ0v) is 35.9. The lowest BCUT2D eigenvalue weighted by atomic mass is 9.97. The highest BCUT2D eigenvalue weighted by Crippen LogP contribution is 2.17. The van der Waals surface area contributed by atoms with Crippen LogP contribution in [0.5, 0.6) is 0 Å². The SMILES string of the molecule is CC[C@H](C)[C@H](NC(C)=O)C(=O)N[C@@H](CC(N)=O)C(=O)N[C@H]1CSC(=O)[C@H](CC(C)C)NC(=O)[C@H](CC(C)C)NC(=O)[C@H](Cc2ccccc2)NC(=O)[C@H](CC(=O)O)NC1=O. The fourth-order valence-corrected chi connectivity index (χ4v) is 7.16. The Morgan fingerprint density at radius 1 is 0.767 bits per heavy atom. The topological polar surface area (TPSA) is 301 Å². The van der Waals surface area contributed by atoms with Gasteiger partial charge in [-0.25, -0.2) is 0 Å². The molecule has 0 saturated carbocycles. The highest BCUT2D eigenvalue weighted by molar-refractivity contribution is 8.13. The van der Waals surface area contributed by atoms with Crippen molar-refractivity contribution in [1.82, 2.24) is 37.2 Å². The van der Waals surface area contributed by atoms with E-state index < -0.39 is 125 Å². The summed E-state index contributed by atoms with van der Waals surface area (Å²) in [6.07, 6.45) is -1.08. The van der Waals surface area contributed by atoms with Gasteiger partial charge in [0.05, 0.1) is 18.9 Å². The Labute approximate surface area is 354 Å². The van der Waals surface area contributed by atoms with Crippen molar-refractivity contribution in [3.63, 3.8) is 0 Å². The maximum absolute atomic E-state index is 14.0. The molecule has 0 spiro atoms. The van der Waals surface area contributed by atoms with Crippen LogP contribution >= 0.6 is 11.8 Å². The second-order valence-electron chi connectivity index (χ2n) is 15.8. The van der Waals surface area contributed by atoms with Crippen LogP contribution in [0.25, 0.3) is 0 Å². The van der Waals surface area contributed by atoms with Crippen molar-refractivity contribution < 1.29 is 53.1 Å². The van der Waals surface area contributed by atoms with Gasteiger partial charge >= 0.3 is 5.97 Å². The van der Waals surface area contributed by atoms with Gasteiger partial charge in [-0.2, -0.15) is 0 Å². The Morgan fingerprint density at radius 3 is 1.85 bits per heavy atom. The number of thioether (sulfide) groups is 1. The van der Waals surface area contributed by atoms with Crippen LogP contribution in [-0.4, -0.2) is 111 Å². The lowest BCUT2D eigenvalue weighted by Crippen LogP contribution is -2.61. The van der Waals surface area contributed by atoms with Gasteiger partial charge in [0.25, 0.3) is 0 Å². The quantitative estimate of drug-likeness (QED) is 0.0950. The second-order valence-corrected chi connectivity index (χ2v) is 16.8. The van der Waals surface area contributed by atoms with E-state index in [1.54, 1.807) is 44.2 Å². The third-order valence-electron chi connectivity index (χ3n) is 9.49. The number of aliphatic carboxylic acids is 1. The van der Waals surface area contributed by atoms with E-state index >= 15 is 0 Å². The molecule has 1 heterocycles. The molecule has 20 heteroatoms.